The largest absolute Gasteiger partial charge is 0.456 e. The number of nitrogens with zero attached hydrogens (tertiary/aromatic N) is 3. The first-order valence-corrected chi connectivity index (χ1v) is 15.7. The van der Waals surface area contributed by atoms with E-state index < -0.39 is 0 Å². The van der Waals surface area contributed by atoms with Gasteiger partial charge in [0.1, 0.15) is 11.2 Å². The third-order valence-corrected chi connectivity index (χ3v) is 8.70. The van der Waals surface area contributed by atoms with Crippen LogP contribution in [0.4, 0.5) is 0 Å². The van der Waals surface area contributed by atoms with Crippen molar-refractivity contribution in [2.24, 2.45) is 0 Å². The van der Waals surface area contributed by atoms with Crippen LogP contribution in [0, 0.1) is 0 Å². The molecule has 9 rings (SSSR count). The minimum atomic E-state index is 0.600. The van der Waals surface area contributed by atoms with Crippen LogP contribution in [-0.2, 0) is 0 Å². The van der Waals surface area contributed by atoms with E-state index in [-0.39, 0.29) is 0 Å². The first-order valence-electron chi connectivity index (χ1n) is 15.7. The predicted octanol–water partition coefficient (Wildman–Crippen LogP) is 11.3. The average Bonchev–Trinajstić information content (AvgIpc) is 3.53. The zero-order valence-electron chi connectivity index (χ0n) is 25.3. The van der Waals surface area contributed by atoms with Crippen molar-refractivity contribution >= 4 is 32.7 Å². The van der Waals surface area contributed by atoms with Gasteiger partial charge in [-0.25, -0.2) is 15.0 Å². The van der Waals surface area contributed by atoms with E-state index in [1.54, 1.807) is 0 Å². The highest BCUT2D eigenvalue weighted by Gasteiger charge is 2.19. The maximum absolute atomic E-state index is 6.43. The van der Waals surface area contributed by atoms with Crippen LogP contribution in [0.25, 0.3) is 89.1 Å². The molecule has 2 heterocycles. The average molecular weight is 602 g/mol. The van der Waals surface area contributed by atoms with Crippen LogP contribution in [0.15, 0.2) is 168 Å². The Kier molecular flexibility index (Phi) is 6.43. The van der Waals surface area contributed by atoms with E-state index in [4.69, 9.17) is 19.4 Å². The minimum Gasteiger partial charge on any atom is -0.456 e. The molecular formula is C43H27N3O. The van der Waals surface area contributed by atoms with Gasteiger partial charge in [0, 0.05) is 27.5 Å². The van der Waals surface area contributed by atoms with Crippen LogP contribution in [0.1, 0.15) is 0 Å². The van der Waals surface area contributed by atoms with Crippen molar-refractivity contribution in [2.75, 3.05) is 0 Å². The van der Waals surface area contributed by atoms with E-state index in [9.17, 15) is 0 Å². The van der Waals surface area contributed by atoms with E-state index in [0.29, 0.717) is 17.5 Å². The standard InChI is InChI=1S/C43H27N3O/c1-4-12-28(13-5-1)31-20-21-33-25-34(23-22-32(33)24-31)42-44-41(30-16-8-3-9-17-30)45-43(46-42)37-26-35(29-14-6-2-7-15-29)27-39-40(37)36-18-10-11-19-38(36)47-39/h1-27H. The van der Waals surface area contributed by atoms with Crippen molar-refractivity contribution in [3.8, 4) is 56.4 Å². The van der Waals surface area contributed by atoms with Gasteiger partial charge in [-0.15, -0.1) is 0 Å². The molecule has 0 aliphatic rings. The van der Waals surface area contributed by atoms with E-state index in [2.05, 4.69) is 103 Å². The van der Waals surface area contributed by atoms with Crippen LogP contribution < -0.4 is 0 Å². The molecule has 0 atom stereocenters. The highest BCUT2D eigenvalue weighted by molar-refractivity contribution is 6.13. The Morgan fingerprint density at radius 1 is 0.340 bits per heavy atom. The number of fused-ring (bicyclic) bond motifs is 4. The smallest absolute Gasteiger partial charge is 0.164 e. The molecule has 7 aromatic carbocycles. The third kappa shape index (κ3) is 4.93. The van der Waals surface area contributed by atoms with Gasteiger partial charge >= 0.3 is 0 Å². The van der Waals surface area contributed by atoms with Crippen molar-refractivity contribution in [3.05, 3.63) is 164 Å². The van der Waals surface area contributed by atoms with Crippen molar-refractivity contribution in [1.82, 2.24) is 15.0 Å². The van der Waals surface area contributed by atoms with Gasteiger partial charge in [0.05, 0.1) is 0 Å². The second-order valence-corrected chi connectivity index (χ2v) is 11.7. The number of benzene rings is 7. The normalized spacial score (nSPS) is 11.4. The first kappa shape index (κ1) is 27.0. The molecular weight excluding hydrogens is 574 g/mol. The van der Waals surface area contributed by atoms with E-state index >= 15 is 0 Å². The van der Waals surface area contributed by atoms with Gasteiger partial charge in [-0.3, -0.25) is 0 Å². The summed E-state index contributed by atoms with van der Waals surface area (Å²) in [6.45, 7) is 0. The number of rotatable bonds is 5. The monoisotopic (exact) mass is 601 g/mol. The summed E-state index contributed by atoms with van der Waals surface area (Å²) in [6, 6.07) is 56.4. The molecule has 0 saturated heterocycles. The van der Waals surface area contributed by atoms with E-state index in [1.807, 2.05) is 60.7 Å². The fraction of sp³-hybridized carbons (Fsp3) is 0. The van der Waals surface area contributed by atoms with E-state index in [0.717, 1.165) is 60.5 Å². The van der Waals surface area contributed by atoms with Crippen molar-refractivity contribution in [3.63, 3.8) is 0 Å². The van der Waals surface area contributed by atoms with Gasteiger partial charge in [-0.2, -0.15) is 0 Å². The number of para-hydroxylation sites is 1. The highest BCUT2D eigenvalue weighted by atomic mass is 16.3. The van der Waals surface area contributed by atoms with Gasteiger partial charge in [0.25, 0.3) is 0 Å². The number of hydrogen-bond donors (Lipinski definition) is 0. The Labute approximate surface area is 271 Å². The summed E-state index contributed by atoms with van der Waals surface area (Å²) in [4.78, 5) is 15.3. The summed E-state index contributed by atoms with van der Waals surface area (Å²) in [5, 5.41) is 4.30. The number of furan rings is 1. The number of hydrogen-bond acceptors (Lipinski definition) is 4. The molecule has 4 nitrogen and oxygen atoms in total. The fourth-order valence-electron chi connectivity index (χ4n) is 6.36. The summed E-state index contributed by atoms with van der Waals surface area (Å²) in [5.74, 6) is 1.84. The van der Waals surface area contributed by atoms with Crippen LogP contribution in [0.5, 0.6) is 0 Å². The van der Waals surface area contributed by atoms with Crippen molar-refractivity contribution in [1.29, 1.82) is 0 Å². The molecule has 0 spiro atoms. The van der Waals surface area contributed by atoms with Gasteiger partial charge in [-0.05, 0) is 63.4 Å². The molecule has 0 saturated carbocycles. The molecule has 0 radical (unpaired) electrons. The van der Waals surface area contributed by atoms with Crippen LogP contribution >= 0.6 is 0 Å². The van der Waals surface area contributed by atoms with Crippen molar-refractivity contribution in [2.45, 2.75) is 0 Å². The summed E-state index contributed by atoms with van der Waals surface area (Å²) in [7, 11) is 0. The molecule has 9 aromatic rings. The SMILES string of the molecule is c1ccc(-c2ccc3cc(-c4nc(-c5ccccc5)nc(-c5cc(-c6ccccc6)cc6oc7ccccc7c56)n4)ccc3c2)cc1. The zero-order chi connectivity index (χ0) is 31.2. The Balaban J connectivity index is 1.27. The first-order chi connectivity index (χ1) is 23.3. The maximum atomic E-state index is 6.43. The van der Waals surface area contributed by atoms with Gasteiger partial charge in [0.15, 0.2) is 17.5 Å². The van der Waals surface area contributed by atoms with Gasteiger partial charge in [0.2, 0.25) is 0 Å². The van der Waals surface area contributed by atoms with Gasteiger partial charge in [-0.1, -0.05) is 133 Å². The lowest BCUT2D eigenvalue weighted by molar-refractivity contribution is 0.669. The molecule has 47 heavy (non-hydrogen) atoms. The molecule has 0 unspecified atom stereocenters. The predicted molar refractivity (Wildman–Crippen MR) is 192 cm³/mol. The van der Waals surface area contributed by atoms with Crippen molar-refractivity contribution < 1.29 is 4.42 Å². The summed E-state index contributed by atoms with van der Waals surface area (Å²) in [5.41, 5.74) is 8.91. The van der Waals surface area contributed by atoms with Crippen LogP contribution in [0.2, 0.25) is 0 Å². The molecule has 0 amide bonds. The minimum absolute atomic E-state index is 0.600. The summed E-state index contributed by atoms with van der Waals surface area (Å²) >= 11 is 0. The van der Waals surface area contributed by atoms with Crippen LogP contribution in [-0.4, -0.2) is 15.0 Å². The molecule has 0 aliphatic heterocycles. The lowest BCUT2D eigenvalue weighted by Gasteiger charge is -2.12. The molecule has 0 fully saturated rings. The molecule has 0 aliphatic carbocycles. The lowest BCUT2D eigenvalue weighted by Crippen LogP contribution is -2.00. The Morgan fingerprint density at radius 2 is 0.872 bits per heavy atom. The molecule has 0 bridgehead atoms. The molecule has 2 aromatic heterocycles. The van der Waals surface area contributed by atoms with Crippen LogP contribution in [0.3, 0.4) is 0 Å². The summed E-state index contributed by atoms with van der Waals surface area (Å²) < 4.78 is 6.43. The Morgan fingerprint density at radius 3 is 1.57 bits per heavy atom. The maximum Gasteiger partial charge on any atom is 0.164 e. The number of aromatic nitrogens is 3. The quantitative estimate of drug-likeness (QED) is 0.197. The van der Waals surface area contributed by atoms with E-state index in [1.165, 1.54) is 11.1 Å². The lowest BCUT2D eigenvalue weighted by atomic mass is 9.98. The summed E-state index contributed by atoms with van der Waals surface area (Å²) in [6.07, 6.45) is 0. The second kappa shape index (κ2) is 11.2. The third-order valence-electron chi connectivity index (χ3n) is 8.70. The molecule has 0 N–H and O–H groups in total. The molecule has 4 heteroatoms. The zero-order valence-corrected chi connectivity index (χ0v) is 25.3. The fourth-order valence-corrected chi connectivity index (χ4v) is 6.36. The molecule has 220 valence electrons. The Hall–Kier alpha value is -6.39. The highest BCUT2D eigenvalue weighted by Crippen LogP contribution is 2.40. The topological polar surface area (TPSA) is 51.8 Å². The van der Waals surface area contributed by atoms with Gasteiger partial charge < -0.3 is 4.42 Å². The second-order valence-electron chi connectivity index (χ2n) is 11.7. The Bertz CT molecular complexity index is 2560.